The van der Waals surface area contributed by atoms with E-state index in [2.05, 4.69) is 0 Å². The van der Waals surface area contributed by atoms with Crippen molar-refractivity contribution in [3.63, 3.8) is 0 Å². The Morgan fingerprint density at radius 3 is 2.00 bits per heavy atom. The van der Waals surface area contributed by atoms with Crippen LogP contribution in [0.15, 0.2) is 41.2 Å². The fraction of sp³-hybridized carbons (Fsp3) is 0.235. The molecule has 0 radical (unpaired) electrons. The highest BCUT2D eigenvalue weighted by molar-refractivity contribution is 5.72. The number of benzene rings is 1. The maximum Gasteiger partial charge on any atom is 0.220 e. The molecule has 0 saturated carbocycles. The van der Waals surface area contributed by atoms with E-state index in [1.807, 2.05) is 25.1 Å². The van der Waals surface area contributed by atoms with Crippen molar-refractivity contribution < 1.29 is 14.2 Å². The highest BCUT2D eigenvalue weighted by Gasteiger charge is 2.12. The topological polar surface area (TPSA) is 44.8 Å². The minimum atomic E-state index is -0.151. The predicted octanol–water partition coefficient (Wildman–Crippen LogP) is 3.05. The summed E-state index contributed by atoms with van der Waals surface area (Å²) in [5.41, 5.74) is 2.69. The standard InChI is InChI=1S/C17H18O4/c1-11-13(7-10-16(20-3)17(11)21-4)12-5-8-14(18)15(19-2)9-6-12/h5-10H,1-4H3. The number of ether oxygens (including phenoxy) is 3. The van der Waals surface area contributed by atoms with Gasteiger partial charge in [-0.25, -0.2) is 0 Å². The summed E-state index contributed by atoms with van der Waals surface area (Å²) in [5.74, 6) is 1.69. The Morgan fingerprint density at radius 1 is 0.762 bits per heavy atom. The second kappa shape index (κ2) is 6.31. The van der Waals surface area contributed by atoms with E-state index in [1.165, 1.54) is 13.2 Å². The first-order valence-corrected chi connectivity index (χ1v) is 6.52. The normalized spacial score (nSPS) is 10.1. The molecule has 0 unspecified atom stereocenters. The first kappa shape index (κ1) is 14.9. The molecular formula is C17H18O4. The Labute approximate surface area is 123 Å². The van der Waals surface area contributed by atoms with Gasteiger partial charge in [-0.05, 0) is 36.2 Å². The van der Waals surface area contributed by atoms with Crippen molar-refractivity contribution in [3.05, 3.63) is 52.2 Å². The SMILES string of the molecule is COc1ccc(-c2ccc(OC)c(=O)cc2)c(C)c1OC. The Hall–Kier alpha value is -2.49. The van der Waals surface area contributed by atoms with Crippen LogP contribution in [0, 0.1) is 6.92 Å². The van der Waals surface area contributed by atoms with E-state index in [-0.39, 0.29) is 5.43 Å². The van der Waals surface area contributed by atoms with Gasteiger partial charge in [-0.1, -0.05) is 18.2 Å². The van der Waals surface area contributed by atoms with E-state index < -0.39 is 0 Å². The molecule has 4 heteroatoms. The lowest BCUT2D eigenvalue weighted by Gasteiger charge is -2.13. The van der Waals surface area contributed by atoms with Crippen LogP contribution in [0.4, 0.5) is 0 Å². The minimum Gasteiger partial charge on any atom is -0.493 e. The van der Waals surface area contributed by atoms with E-state index in [9.17, 15) is 4.79 Å². The molecule has 0 saturated heterocycles. The molecule has 0 aliphatic heterocycles. The van der Waals surface area contributed by atoms with E-state index in [0.29, 0.717) is 17.2 Å². The highest BCUT2D eigenvalue weighted by Crippen LogP contribution is 2.37. The molecule has 21 heavy (non-hydrogen) atoms. The molecule has 2 rings (SSSR count). The molecule has 0 aromatic heterocycles. The summed E-state index contributed by atoms with van der Waals surface area (Å²) in [6.45, 7) is 1.96. The van der Waals surface area contributed by atoms with Crippen LogP contribution < -0.4 is 19.6 Å². The van der Waals surface area contributed by atoms with Crippen LogP contribution in [0.5, 0.6) is 17.2 Å². The molecular weight excluding hydrogens is 268 g/mol. The molecule has 4 nitrogen and oxygen atoms in total. The van der Waals surface area contributed by atoms with Gasteiger partial charge in [0.05, 0.1) is 21.3 Å². The minimum absolute atomic E-state index is 0.151. The maximum absolute atomic E-state index is 11.8. The lowest BCUT2D eigenvalue weighted by Crippen LogP contribution is -1.98. The number of methoxy groups -OCH3 is 3. The van der Waals surface area contributed by atoms with Crippen LogP contribution in [-0.4, -0.2) is 21.3 Å². The van der Waals surface area contributed by atoms with Gasteiger partial charge in [-0.3, -0.25) is 4.79 Å². The first-order valence-electron chi connectivity index (χ1n) is 6.52. The van der Waals surface area contributed by atoms with E-state index in [4.69, 9.17) is 14.2 Å². The number of hydrogen-bond acceptors (Lipinski definition) is 4. The summed E-state index contributed by atoms with van der Waals surface area (Å²) >= 11 is 0. The molecule has 0 amide bonds. The van der Waals surface area contributed by atoms with Gasteiger partial charge >= 0.3 is 0 Å². The summed E-state index contributed by atoms with van der Waals surface area (Å²) in [7, 11) is 4.70. The molecule has 0 spiro atoms. The summed E-state index contributed by atoms with van der Waals surface area (Å²) in [4.78, 5) is 11.8. The van der Waals surface area contributed by atoms with Crippen molar-refractivity contribution in [2.75, 3.05) is 21.3 Å². The molecule has 110 valence electrons. The fourth-order valence-corrected chi connectivity index (χ4v) is 2.29. The lowest BCUT2D eigenvalue weighted by molar-refractivity contribution is 0.353. The smallest absolute Gasteiger partial charge is 0.220 e. The van der Waals surface area contributed by atoms with Gasteiger partial charge in [0.25, 0.3) is 0 Å². The van der Waals surface area contributed by atoms with Crippen molar-refractivity contribution in [2.24, 2.45) is 0 Å². The van der Waals surface area contributed by atoms with Gasteiger partial charge in [-0.2, -0.15) is 0 Å². The summed E-state index contributed by atoms with van der Waals surface area (Å²) in [6, 6.07) is 10.6. The zero-order chi connectivity index (χ0) is 15.4. The second-order valence-electron chi connectivity index (χ2n) is 4.53. The molecule has 0 aliphatic rings. The molecule has 0 bridgehead atoms. The van der Waals surface area contributed by atoms with Crippen molar-refractivity contribution in [1.82, 2.24) is 0 Å². The van der Waals surface area contributed by atoms with Crippen molar-refractivity contribution in [2.45, 2.75) is 6.92 Å². The first-order chi connectivity index (χ1) is 10.1. The van der Waals surface area contributed by atoms with Gasteiger partial charge < -0.3 is 14.2 Å². The molecule has 0 aliphatic carbocycles. The summed E-state index contributed by atoms with van der Waals surface area (Å²) < 4.78 is 15.7. The third-order valence-corrected chi connectivity index (χ3v) is 3.40. The number of hydrogen-bond donors (Lipinski definition) is 0. The third-order valence-electron chi connectivity index (χ3n) is 3.40. The number of rotatable bonds is 4. The van der Waals surface area contributed by atoms with Crippen molar-refractivity contribution >= 4 is 0 Å². The van der Waals surface area contributed by atoms with Gasteiger partial charge in [-0.15, -0.1) is 0 Å². The monoisotopic (exact) mass is 286 g/mol. The quantitative estimate of drug-likeness (QED) is 0.866. The predicted molar refractivity (Wildman–Crippen MR) is 82.5 cm³/mol. The zero-order valence-corrected chi connectivity index (χ0v) is 12.6. The van der Waals surface area contributed by atoms with Gasteiger partial charge in [0.2, 0.25) is 5.43 Å². The summed E-state index contributed by atoms with van der Waals surface area (Å²) in [6.07, 6.45) is 0. The van der Waals surface area contributed by atoms with Crippen molar-refractivity contribution in [3.8, 4) is 28.4 Å². The molecule has 0 atom stereocenters. The average Bonchev–Trinajstić information content (AvgIpc) is 2.68. The fourth-order valence-electron chi connectivity index (χ4n) is 2.29. The molecule has 0 heterocycles. The van der Waals surface area contributed by atoms with E-state index in [0.717, 1.165) is 16.7 Å². The van der Waals surface area contributed by atoms with Crippen LogP contribution in [0.3, 0.4) is 0 Å². The maximum atomic E-state index is 11.8. The second-order valence-corrected chi connectivity index (χ2v) is 4.53. The molecule has 0 N–H and O–H groups in total. The van der Waals surface area contributed by atoms with Crippen LogP contribution in [0.1, 0.15) is 5.56 Å². The van der Waals surface area contributed by atoms with Crippen LogP contribution in [0.2, 0.25) is 0 Å². The third kappa shape index (κ3) is 2.84. The highest BCUT2D eigenvalue weighted by atomic mass is 16.5. The lowest BCUT2D eigenvalue weighted by atomic mass is 10.0. The Morgan fingerprint density at radius 2 is 1.38 bits per heavy atom. The van der Waals surface area contributed by atoms with E-state index >= 15 is 0 Å². The Kier molecular flexibility index (Phi) is 4.48. The Balaban J connectivity index is 2.63. The largest absolute Gasteiger partial charge is 0.493 e. The van der Waals surface area contributed by atoms with Crippen molar-refractivity contribution in [1.29, 1.82) is 0 Å². The van der Waals surface area contributed by atoms with Crippen LogP contribution >= 0.6 is 0 Å². The van der Waals surface area contributed by atoms with Gasteiger partial charge in [0.1, 0.15) is 0 Å². The van der Waals surface area contributed by atoms with Crippen LogP contribution in [0.25, 0.3) is 11.1 Å². The van der Waals surface area contributed by atoms with Gasteiger partial charge in [0, 0.05) is 5.56 Å². The molecule has 0 fully saturated rings. The summed E-state index contributed by atoms with van der Waals surface area (Å²) in [5, 5.41) is 0. The molecule has 2 aromatic carbocycles. The zero-order valence-electron chi connectivity index (χ0n) is 12.6. The Bertz CT molecular complexity index is 708. The molecule has 2 aromatic rings. The van der Waals surface area contributed by atoms with Crippen LogP contribution in [-0.2, 0) is 0 Å². The average molecular weight is 286 g/mol. The van der Waals surface area contributed by atoms with E-state index in [1.54, 1.807) is 26.4 Å². The van der Waals surface area contributed by atoms with Gasteiger partial charge in [0.15, 0.2) is 17.2 Å².